The van der Waals surface area contributed by atoms with Crippen molar-refractivity contribution in [2.75, 3.05) is 7.11 Å². The smallest absolute Gasteiger partial charge is 0.215 e. The Kier molecular flexibility index (Phi) is 5.17. The summed E-state index contributed by atoms with van der Waals surface area (Å²) in [6, 6.07) is 20.9. The molecule has 0 aliphatic carbocycles. The van der Waals surface area contributed by atoms with Crippen LogP contribution in [0.5, 0.6) is 11.5 Å². The lowest BCUT2D eigenvalue weighted by molar-refractivity contribution is -0.109. The normalized spacial score (nSPS) is 18.4. The van der Waals surface area contributed by atoms with Gasteiger partial charge in [0, 0.05) is 17.9 Å². The van der Waals surface area contributed by atoms with E-state index in [1.807, 2.05) is 80.6 Å². The highest BCUT2D eigenvalue weighted by molar-refractivity contribution is 6.10. The fourth-order valence-electron chi connectivity index (χ4n) is 4.48. The van der Waals surface area contributed by atoms with Gasteiger partial charge in [0.1, 0.15) is 17.8 Å². The van der Waals surface area contributed by atoms with Gasteiger partial charge in [0.05, 0.1) is 12.7 Å². The van der Waals surface area contributed by atoms with E-state index in [4.69, 9.17) is 9.47 Å². The molecule has 0 amide bonds. The third-order valence-corrected chi connectivity index (χ3v) is 5.82. The van der Waals surface area contributed by atoms with Crippen molar-refractivity contribution in [3.05, 3.63) is 94.5 Å². The highest BCUT2D eigenvalue weighted by atomic mass is 16.5. The Morgan fingerprint density at radius 2 is 1.73 bits per heavy atom. The molecule has 0 radical (unpaired) electrons. The lowest BCUT2D eigenvalue weighted by Crippen LogP contribution is -2.43. The van der Waals surface area contributed by atoms with Crippen LogP contribution in [0.3, 0.4) is 0 Å². The van der Waals surface area contributed by atoms with Gasteiger partial charge < -0.3 is 14.3 Å². The number of aryl methyl sites for hydroxylation is 2. The second-order valence-corrected chi connectivity index (χ2v) is 7.72. The monoisotopic (exact) mass is 400 g/mol. The van der Waals surface area contributed by atoms with E-state index in [0.717, 1.165) is 23.0 Å². The zero-order valence-electron chi connectivity index (χ0n) is 17.3. The summed E-state index contributed by atoms with van der Waals surface area (Å²) in [4.78, 5) is 25.8. The molecule has 1 aliphatic rings. The largest absolute Gasteiger partial charge is 0.497 e. The molecule has 0 bridgehead atoms. The molecule has 4 rings (SSSR count). The van der Waals surface area contributed by atoms with Gasteiger partial charge in [-0.15, -0.1) is 0 Å². The molecule has 0 N–H and O–H groups in total. The number of carbonyl (C=O) groups is 2. The highest BCUT2D eigenvalue weighted by Gasteiger charge is 2.55. The Morgan fingerprint density at radius 1 is 1.03 bits per heavy atom. The summed E-state index contributed by atoms with van der Waals surface area (Å²) in [5.41, 5.74) is 2.76. The van der Waals surface area contributed by atoms with E-state index in [1.54, 1.807) is 7.11 Å². The predicted molar refractivity (Wildman–Crippen MR) is 115 cm³/mol. The van der Waals surface area contributed by atoms with E-state index in [2.05, 4.69) is 0 Å². The number of benzene rings is 3. The van der Waals surface area contributed by atoms with Crippen LogP contribution in [-0.4, -0.2) is 19.2 Å². The van der Waals surface area contributed by atoms with E-state index in [9.17, 15) is 9.59 Å². The Hall–Kier alpha value is -3.40. The third kappa shape index (κ3) is 3.09. The van der Waals surface area contributed by atoms with Gasteiger partial charge in [-0.3, -0.25) is 4.79 Å². The summed E-state index contributed by atoms with van der Waals surface area (Å²) in [6.45, 7) is 3.91. The van der Waals surface area contributed by atoms with Gasteiger partial charge in [0.15, 0.2) is 0 Å². The minimum absolute atomic E-state index is 0.115. The Bertz CT molecular complexity index is 1090. The van der Waals surface area contributed by atoms with Gasteiger partial charge in [-0.05, 0) is 48.7 Å². The van der Waals surface area contributed by atoms with E-state index in [1.165, 1.54) is 0 Å². The number of hydrogen-bond acceptors (Lipinski definition) is 4. The van der Waals surface area contributed by atoms with Crippen LogP contribution in [0.1, 0.15) is 45.0 Å². The second-order valence-electron chi connectivity index (χ2n) is 7.72. The minimum atomic E-state index is -1.32. The average molecular weight is 400 g/mol. The van der Waals surface area contributed by atoms with Crippen molar-refractivity contribution in [1.29, 1.82) is 0 Å². The Balaban J connectivity index is 1.97. The molecule has 3 aromatic carbocycles. The first-order valence-corrected chi connectivity index (χ1v) is 9.99. The highest BCUT2D eigenvalue weighted by Crippen LogP contribution is 2.51. The van der Waals surface area contributed by atoms with Crippen LogP contribution in [0, 0.1) is 13.8 Å². The average Bonchev–Trinajstić information content (AvgIpc) is 3.05. The van der Waals surface area contributed by atoms with E-state index < -0.39 is 11.5 Å². The fourth-order valence-corrected chi connectivity index (χ4v) is 4.48. The van der Waals surface area contributed by atoms with Gasteiger partial charge >= 0.3 is 0 Å². The van der Waals surface area contributed by atoms with Gasteiger partial charge in [-0.1, -0.05) is 48.5 Å². The number of hydrogen-bond donors (Lipinski definition) is 0. The molecule has 1 heterocycles. The molecule has 0 unspecified atom stereocenters. The van der Waals surface area contributed by atoms with Crippen LogP contribution in [0.25, 0.3) is 0 Å². The Morgan fingerprint density at radius 3 is 2.37 bits per heavy atom. The first-order valence-electron chi connectivity index (χ1n) is 9.99. The topological polar surface area (TPSA) is 52.6 Å². The van der Waals surface area contributed by atoms with Gasteiger partial charge in [0.25, 0.3) is 0 Å². The molecule has 2 atom stereocenters. The number of fused-ring (bicyclic) bond motifs is 1. The first-order chi connectivity index (χ1) is 14.5. The third-order valence-electron chi connectivity index (χ3n) is 5.82. The van der Waals surface area contributed by atoms with E-state index in [-0.39, 0.29) is 12.2 Å². The summed E-state index contributed by atoms with van der Waals surface area (Å²) in [6.07, 6.45) is 1.02. The maximum atomic E-state index is 14.0. The van der Waals surface area contributed by atoms with Gasteiger partial charge in [-0.25, -0.2) is 0 Å². The van der Waals surface area contributed by atoms with Crippen LogP contribution in [-0.2, 0) is 10.4 Å². The Labute approximate surface area is 176 Å². The van der Waals surface area contributed by atoms with Gasteiger partial charge in [0.2, 0.25) is 11.4 Å². The van der Waals surface area contributed by atoms with E-state index >= 15 is 0 Å². The summed E-state index contributed by atoms with van der Waals surface area (Å²) < 4.78 is 11.8. The van der Waals surface area contributed by atoms with Crippen molar-refractivity contribution in [3.63, 3.8) is 0 Å². The van der Waals surface area contributed by atoms with Crippen LogP contribution >= 0.6 is 0 Å². The van der Waals surface area contributed by atoms with Crippen molar-refractivity contribution in [3.8, 4) is 11.5 Å². The number of ether oxygens (including phenoxy) is 2. The van der Waals surface area contributed by atoms with Gasteiger partial charge in [-0.2, -0.15) is 0 Å². The molecule has 152 valence electrons. The zero-order chi connectivity index (χ0) is 21.3. The summed E-state index contributed by atoms with van der Waals surface area (Å²) >= 11 is 0. The minimum Gasteiger partial charge on any atom is -0.497 e. The molecule has 0 saturated carbocycles. The standard InChI is InChI=1S/C26H24O4/c1-17-15-18(2)24-23(16-17)30-26(25(24)28,20-9-11-21(29-3)12-10-20)22(13-14-27)19-7-5-4-6-8-19/h4-12,14-16,22H,13H2,1-3H3/t22-,26-/m0/s1. The van der Waals surface area contributed by atoms with Crippen LogP contribution in [0.2, 0.25) is 0 Å². The molecular formula is C26H24O4. The lowest BCUT2D eigenvalue weighted by Gasteiger charge is -2.35. The number of rotatable bonds is 6. The first kappa shape index (κ1) is 19.9. The molecule has 0 spiro atoms. The molecule has 30 heavy (non-hydrogen) atoms. The van der Waals surface area contributed by atoms with Crippen molar-refractivity contribution < 1.29 is 19.1 Å². The molecule has 0 aromatic heterocycles. The molecule has 4 nitrogen and oxygen atoms in total. The van der Waals surface area contributed by atoms with Crippen LogP contribution < -0.4 is 9.47 Å². The number of Topliss-reactive ketones (excluding diaryl/α,β-unsaturated/α-hetero) is 1. The number of methoxy groups -OCH3 is 1. The summed E-state index contributed by atoms with van der Waals surface area (Å²) in [5, 5.41) is 0. The second kappa shape index (κ2) is 7.79. The molecule has 4 heteroatoms. The van der Waals surface area contributed by atoms with Crippen molar-refractivity contribution in [2.45, 2.75) is 31.8 Å². The SMILES string of the molecule is COc1ccc([C@@]2([C@@H](CC=O)c3ccccc3)Oc3cc(C)cc(C)c3C2=O)cc1. The quantitative estimate of drug-likeness (QED) is 0.537. The zero-order valence-corrected chi connectivity index (χ0v) is 17.3. The molecule has 0 fully saturated rings. The maximum absolute atomic E-state index is 14.0. The van der Waals surface area contributed by atoms with Crippen LogP contribution in [0.15, 0.2) is 66.7 Å². The fraction of sp³-hybridized carbons (Fsp3) is 0.231. The van der Waals surface area contributed by atoms with Crippen molar-refractivity contribution >= 4 is 12.1 Å². The summed E-state index contributed by atoms with van der Waals surface area (Å²) in [5.74, 6) is 0.677. The molecule has 3 aromatic rings. The maximum Gasteiger partial charge on any atom is 0.215 e. The molecular weight excluding hydrogens is 376 g/mol. The van der Waals surface area contributed by atoms with Crippen LogP contribution in [0.4, 0.5) is 0 Å². The molecule has 1 aliphatic heterocycles. The summed E-state index contributed by atoms with van der Waals surface area (Å²) in [7, 11) is 1.60. The lowest BCUT2D eigenvalue weighted by atomic mass is 9.72. The van der Waals surface area contributed by atoms with Crippen molar-refractivity contribution in [2.24, 2.45) is 0 Å². The van der Waals surface area contributed by atoms with Crippen molar-refractivity contribution in [1.82, 2.24) is 0 Å². The number of aldehydes is 1. The number of ketones is 1. The number of carbonyl (C=O) groups excluding carboxylic acids is 2. The predicted octanol–water partition coefficient (Wildman–Crippen LogP) is 5.16. The van der Waals surface area contributed by atoms with E-state index in [0.29, 0.717) is 22.6 Å². The molecule has 0 saturated heterocycles.